The second kappa shape index (κ2) is 9.78. The molecule has 3 amide bonds. The van der Waals surface area contributed by atoms with Crippen LogP contribution in [0.3, 0.4) is 0 Å². The van der Waals surface area contributed by atoms with Gasteiger partial charge in [0.15, 0.2) is 0 Å². The van der Waals surface area contributed by atoms with Gasteiger partial charge in [0.05, 0.1) is 30.1 Å². The summed E-state index contributed by atoms with van der Waals surface area (Å²) < 4.78 is 12.0. The van der Waals surface area contributed by atoms with Gasteiger partial charge in [-0.3, -0.25) is 4.79 Å². The molecule has 4 saturated carbocycles. The molecule has 10 nitrogen and oxygen atoms in total. The normalized spacial score (nSPS) is 28.9. The molecule has 0 spiro atoms. The number of nitrogens with one attached hydrogen (secondary N) is 2. The molecule has 4 bridgehead atoms. The molecule has 2 unspecified atom stereocenters. The summed E-state index contributed by atoms with van der Waals surface area (Å²) in [5, 5.41) is 10.6. The first-order chi connectivity index (χ1) is 16.9. The molecule has 2 atom stereocenters. The number of nitrogens with zero attached hydrogens (tertiary/aromatic N) is 2. The molecule has 1 aromatic rings. The first-order valence-corrected chi connectivity index (χ1v) is 12.8. The molecular weight excluding hydrogens is 462 g/mol. The van der Waals surface area contributed by atoms with Gasteiger partial charge in [-0.05, 0) is 82.1 Å². The van der Waals surface area contributed by atoms with Gasteiger partial charge < -0.3 is 25.8 Å². The number of methoxy groups -OCH3 is 1. The number of amides is 3. The van der Waals surface area contributed by atoms with Gasteiger partial charge in [0, 0.05) is 12.2 Å². The van der Waals surface area contributed by atoms with Crippen molar-refractivity contribution >= 4 is 24.3 Å². The SMILES string of the molecule is COC(=O)NC(C)(C)C=Cn1ncc(C(=O)NC2C3CC4CC2CC(OC(N)=O)(C4)C3)c1CC(C)C. The van der Waals surface area contributed by atoms with Crippen LogP contribution in [0.4, 0.5) is 9.59 Å². The Balaban J connectivity index is 1.51. The monoisotopic (exact) mass is 501 g/mol. The Hall–Kier alpha value is -3.04. The van der Waals surface area contributed by atoms with E-state index in [0.29, 0.717) is 23.8 Å². The molecule has 0 aliphatic heterocycles. The molecule has 5 rings (SSSR count). The molecule has 1 heterocycles. The number of carbonyl (C=O) groups is 3. The van der Waals surface area contributed by atoms with Gasteiger partial charge in [0.2, 0.25) is 0 Å². The first-order valence-electron chi connectivity index (χ1n) is 12.8. The summed E-state index contributed by atoms with van der Waals surface area (Å²) in [5.74, 6) is 1.25. The highest BCUT2D eigenvalue weighted by Crippen LogP contribution is 2.57. The number of primary amides is 1. The van der Waals surface area contributed by atoms with Crippen molar-refractivity contribution in [3.05, 3.63) is 23.5 Å². The Morgan fingerprint density at radius 2 is 1.92 bits per heavy atom. The van der Waals surface area contributed by atoms with Crippen molar-refractivity contribution in [3.8, 4) is 0 Å². The Morgan fingerprint density at radius 3 is 2.50 bits per heavy atom. The molecule has 10 heteroatoms. The maximum Gasteiger partial charge on any atom is 0.407 e. The summed E-state index contributed by atoms with van der Waals surface area (Å²) in [5.41, 5.74) is 5.62. The maximum atomic E-state index is 13.5. The van der Waals surface area contributed by atoms with Crippen LogP contribution < -0.4 is 16.4 Å². The van der Waals surface area contributed by atoms with Gasteiger partial charge in [-0.1, -0.05) is 13.8 Å². The van der Waals surface area contributed by atoms with Crippen molar-refractivity contribution in [1.82, 2.24) is 20.4 Å². The van der Waals surface area contributed by atoms with E-state index in [9.17, 15) is 14.4 Å². The third kappa shape index (κ3) is 5.52. The van der Waals surface area contributed by atoms with Gasteiger partial charge in [0.25, 0.3) is 5.91 Å². The summed E-state index contributed by atoms with van der Waals surface area (Å²) in [6.07, 6.45) is 9.10. The molecule has 198 valence electrons. The van der Waals surface area contributed by atoms with Crippen LogP contribution in [-0.4, -0.2) is 52.2 Å². The summed E-state index contributed by atoms with van der Waals surface area (Å²) in [7, 11) is 1.32. The lowest BCUT2D eigenvalue weighted by molar-refractivity contribution is -0.137. The van der Waals surface area contributed by atoms with Crippen LogP contribution in [0.1, 0.15) is 75.9 Å². The fraction of sp³-hybridized carbons (Fsp3) is 0.692. The lowest BCUT2D eigenvalue weighted by Crippen LogP contribution is -2.63. The van der Waals surface area contributed by atoms with Gasteiger partial charge in [-0.15, -0.1) is 0 Å². The van der Waals surface area contributed by atoms with E-state index in [2.05, 4.69) is 29.6 Å². The van der Waals surface area contributed by atoms with Crippen LogP contribution in [0.5, 0.6) is 0 Å². The summed E-state index contributed by atoms with van der Waals surface area (Å²) >= 11 is 0. The van der Waals surface area contributed by atoms with Crippen LogP contribution in [0.25, 0.3) is 6.20 Å². The van der Waals surface area contributed by atoms with Crippen molar-refractivity contribution in [1.29, 1.82) is 0 Å². The van der Waals surface area contributed by atoms with E-state index < -0.39 is 23.3 Å². The number of ether oxygens (including phenoxy) is 2. The van der Waals surface area contributed by atoms with Crippen molar-refractivity contribution in [2.45, 2.75) is 83.4 Å². The fourth-order valence-electron chi connectivity index (χ4n) is 6.66. The lowest BCUT2D eigenvalue weighted by Gasteiger charge is -2.58. The Bertz CT molecular complexity index is 1030. The van der Waals surface area contributed by atoms with E-state index >= 15 is 0 Å². The van der Waals surface area contributed by atoms with E-state index in [4.69, 9.17) is 15.2 Å². The van der Waals surface area contributed by atoms with Gasteiger partial charge >= 0.3 is 12.2 Å². The number of hydrogen-bond donors (Lipinski definition) is 3. The average Bonchev–Trinajstić information content (AvgIpc) is 3.15. The summed E-state index contributed by atoms with van der Waals surface area (Å²) in [4.78, 5) is 36.7. The smallest absolute Gasteiger partial charge is 0.407 e. The van der Waals surface area contributed by atoms with E-state index in [0.717, 1.165) is 37.8 Å². The van der Waals surface area contributed by atoms with Crippen LogP contribution in [0.2, 0.25) is 0 Å². The van der Waals surface area contributed by atoms with Gasteiger partial charge in [-0.25, -0.2) is 14.3 Å². The van der Waals surface area contributed by atoms with Crippen molar-refractivity contribution in [2.24, 2.45) is 29.4 Å². The van der Waals surface area contributed by atoms with Crippen LogP contribution in [0.15, 0.2) is 12.3 Å². The van der Waals surface area contributed by atoms with E-state index in [1.165, 1.54) is 7.11 Å². The molecule has 36 heavy (non-hydrogen) atoms. The molecule has 0 saturated heterocycles. The Kier molecular flexibility index (Phi) is 7.07. The third-order valence-electron chi connectivity index (χ3n) is 7.82. The minimum absolute atomic E-state index is 0.0487. The number of nitrogens with two attached hydrogens (primary N) is 1. The minimum Gasteiger partial charge on any atom is -0.453 e. The van der Waals surface area contributed by atoms with E-state index in [1.54, 1.807) is 17.1 Å². The minimum atomic E-state index is -0.707. The summed E-state index contributed by atoms with van der Waals surface area (Å²) in [6, 6.07) is 0.0487. The second-order valence-corrected chi connectivity index (χ2v) is 11.8. The zero-order chi connectivity index (χ0) is 26.3. The fourth-order valence-corrected chi connectivity index (χ4v) is 6.66. The van der Waals surface area contributed by atoms with Crippen LogP contribution in [0, 0.1) is 23.7 Å². The molecule has 0 aromatic carbocycles. The van der Waals surface area contributed by atoms with E-state index in [-0.39, 0.29) is 23.8 Å². The molecular formula is C26H39N5O5. The number of hydrogen-bond acceptors (Lipinski definition) is 6. The number of carbonyl (C=O) groups excluding carboxylic acids is 3. The van der Waals surface area contributed by atoms with Gasteiger partial charge in [-0.2, -0.15) is 5.10 Å². The molecule has 0 radical (unpaired) electrons. The van der Waals surface area contributed by atoms with Gasteiger partial charge in [0.1, 0.15) is 5.60 Å². The predicted octanol–water partition coefficient (Wildman–Crippen LogP) is 3.46. The second-order valence-electron chi connectivity index (χ2n) is 11.8. The van der Waals surface area contributed by atoms with Crippen molar-refractivity contribution < 1.29 is 23.9 Å². The molecule has 4 aliphatic rings. The third-order valence-corrected chi connectivity index (χ3v) is 7.82. The topological polar surface area (TPSA) is 138 Å². The zero-order valence-corrected chi connectivity index (χ0v) is 21.9. The number of alkyl carbamates (subject to hydrolysis) is 1. The summed E-state index contributed by atoms with van der Waals surface area (Å²) in [6.45, 7) is 7.89. The highest BCUT2D eigenvalue weighted by atomic mass is 16.6. The van der Waals surface area contributed by atoms with E-state index in [1.807, 2.05) is 19.9 Å². The van der Waals surface area contributed by atoms with Crippen LogP contribution in [-0.2, 0) is 15.9 Å². The molecule has 4 N–H and O–H groups in total. The zero-order valence-electron chi connectivity index (χ0n) is 21.9. The van der Waals surface area contributed by atoms with Crippen LogP contribution >= 0.6 is 0 Å². The standard InChI is InChI=1S/C26H39N5O5/c1-15(2)8-20-19(14-28-31(20)7-6-25(3,4)30-24(34)35-5)22(32)29-21-17-9-16-10-18(21)13-26(11-16,12-17)36-23(27)33/h6-7,14-18,21H,8-13H2,1-5H3,(H2,27,33)(H,29,32)(H,30,34). The molecule has 4 fully saturated rings. The lowest BCUT2D eigenvalue weighted by atomic mass is 9.52. The largest absolute Gasteiger partial charge is 0.453 e. The number of rotatable bonds is 8. The van der Waals surface area contributed by atoms with Crippen molar-refractivity contribution in [2.75, 3.05) is 7.11 Å². The highest BCUT2D eigenvalue weighted by Gasteiger charge is 2.57. The number of aromatic nitrogens is 2. The molecule has 4 aliphatic carbocycles. The molecule has 1 aromatic heterocycles. The predicted molar refractivity (Wildman–Crippen MR) is 134 cm³/mol. The Morgan fingerprint density at radius 1 is 1.25 bits per heavy atom. The highest BCUT2D eigenvalue weighted by molar-refractivity contribution is 5.95. The first kappa shape index (κ1) is 26.0. The quantitative estimate of drug-likeness (QED) is 0.499. The maximum absolute atomic E-state index is 13.5. The Labute approximate surface area is 212 Å². The average molecular weight is 502 g/mol. The van der Waals surface area contributed by atoms with Crippen molar-refractivity contribution in [3.63, 3.8) is 0 Å².